The van der Waals surface area contributed by atoms with Crippen LogP contribution in [0.5, 0.6) is 0 Å². The Hall–Kier alpha value is -0.610. The van der Waals surface area contributed by atoms with Gasteiger partial charge in [-0.05, 0) is 18.8 Å². The van der Waals surface area contributed by atoms with Gasteiger partial charge in [-0.25, -0.2) is 0 Å². The van der Waals surface area contributed by atoms with E-state index in [-0.39, 0.29) is 17.4 Å². The smallest absolute Gasteiger partial charge is 0.239 e. The molecule has 4 heteroatoms. The summed E-state index contributed by atoms with van der Waals surface area (Å²) in [4.78, 5) is 13.7. The van der Waals surface area contributed by atoms with Gasteiger partial charge < -0.3 is 15.4 Å². The number of hydrogen-bond acceptors (Lipinski definition) is 3. The molecule has 16 heavy (non-hydrogen) atoms. The number of likely N-dealkylation sites (N-methyl/N-ethyl adjacent to an activating group) is 1. The zero-order valence-corrected chi connectivity index (χ0v) is 11.4. The van der Waals surface area contributed by atoms with Crippen LogP contribution in [0.15, 0.2) is 0 Å². The van der Waals surface area contributed by atoms with Gasteiger partial charge in [-0.1, -0.05) is 20.8 Å². The van der Waals surface area contributed by atoms with Gasteiger partial charge in [0.2, 0.25) is 5.91 Å². The van der Waals surface area contributed by atoms with Crippen LogP contribution in [0, 0.1) is 5.41 Å². The van der Waals surface area contributed by atoms with E-state index in [4.69, 9.17) is 10.5 Å². The molecular weight excluding hydrogens is 204 g/mol. The molecule has 0 aliphatic heterocycles. The van der Waals surface area contributed by atoms with E-state index in [1.54, 1.807) is 12.0 Å². The molecule has 1 amide bonds. The third-order valence-electron chi connectivity index (χ3n) is 3.13. The van der Waals surface area contributed by atoms with Crippen molar-refractivity contribution in [3.05, 3.63) is 0 Å². The Morgan fingerprint density at radius 2 is 1.94 bits per heavy atom. The number of carbonyl (C=O) groups is 1. The third-order valence-corrected chi connectivity index (χ3v) is 3.13. The Morgan fingerprint density at radius 3 is 2.31 bits per heavy atom. The van der Waals surface area contributed by atoms with Crippen LogP contribution in [0.25, 0.3) is 0 Å². The van der Waals surface area contributed by atoms with Gasteiger partial charge >= 0.3 is 0 Å². The standard InChI is InChI=1S/C12H26N2O2/c1-9(12(2,3)4)14(5)11(15)10(13)7-8-16-6/h9-10H,7-8,13H2,1-6H3. The van der Waals surface area contributed by atoms with E-state index in [1.807, 2.05) is 14.0 Å². The summed E-state index contributed by atoms with van der Waals surface area (Å²) in [7, 11) is 3.42. The van der Waals surface area contributed by atoms with Crippen molar-refractivity contribution in [1.82, 2.24) is 4.90 Å². The third kappa shape index (κ3) is 4.49. The largest absolute Gasteiger partial charge is 0.385 e. The zero-order valence-electron chi connectivity index (χ0n) is 11.4. The molecule has 0 bridgehead atoms. The normalized spacial score (nSPS) is 15.7. The zero-order chi connectivity index (χ0) is 12.9. The summed E-state index contributed by atoms with van der Waals surface area (Å²) in [5.41, 5.74) is 5.87. The van der Waals surface area contributed by atoms with Crippen LogP contribution in [-0.4, -0.2) is 43.7 Å². The average Bonchev–Trinajstić information content (AvgIpc) is 2.21. The second kappa shape index (κ2) is 6.21. The van der Waals surface area contributed by atoms with Crippen LogP contribution in [0.1, 0.15) is 34.1 Å². The van der Waals surface area contributed by atoms with Crippen LogP contribution in [0.3, 0.4) is 0 Å². The van der Waals surface area contributed by atoms with E-state index >= 15 is 0 Å². The van der Waals surface area contributed by atoms with Gasteiger partial charge in [0.05, 0.1) is 6.04 Å². The van der Waals surface area contributed by atoms with E-state index < -0.39 is 6.04 Å². The molecule has 0 aliphatic rings. The van der Waals surface area contributed by atoms with Crippen molar-refractivity contribution >= 4 is 5.91 Å². The number of carbonyl (C=O) groups excluding carboxylic acids is 1. The van der Waals surface area contributed by atoms with Crippen LogP contribution in [0.4, 0.5) is 0 Å². The van der Waals surface area contributed by atoms with Crippen molar-refractivity contribution in [3.8, 4) is 0 Å². The molecule has 0 radical (unpaired) electrons. The second-order valence-corrected chi connectivity index (χ2v) is 5.38. The predicted molar refractivity (Wildman–Crippen MR) is 66.2 cm³/mol. The molecule has 0 fully saturated rings. The summed E-state index contributed by atoms with van der Waals surface area (Å²) in [6.45, 7) is 8.90. The van der Waals surface area contributed by atoms with Crippen LogP contribution < -0.4 is 5.73 Å². The minimum absolute atomic E-state index is 0.0144. The van der Waals surface area contributed by atoms with Crippen molar-refractivity contribution in [1.29, 1.82) is 0 Å². The molecule has 0 aliphatic carbocycles. The fraction of sp³-hybridized carbons (Fsp3) is 0.917. The van der Waals surface area contributed by atoms with Gasteiger partial charge in [0.15, 0.2) is 0 Å². The van der Waals surface area contributed by atoms with Crippen molar-refractivity contribution in [2.75, 3.05) is 20.8 Å². The van der Waals surface area contributed by atoms with E-state index in [2.05, 4.69) is 20.8 Å². The Bertz CT molecular complexity index is 224. The molecule has 0 aromatic heterocycles. The molecule has 0 rings (SSSR count). The lowest BCUT2D eigenvalue weighted by Crippen LogP contribution is -2.49. The molecule has 2 atom stereocenters. The van der Waals surface area contributed by atoms with E-state index in [9.17, 15) is 4.79 Å². The number of ether oxygens (including phenoxy) is 1. The van der Waals surface area contributed by atoms with Gasteiger partial charge in [0, 0.05) is 26.8 Å². The molecule has 2 N–H and O–H groups in total. The summed E-state index contributed by atoms with van der Waals surface area (Å²) in [5.74, 6) is -0.0144. The summed E-state index contributed by atoms with van der Waals surface area (Å²) in [5, 5.41) is 0. The molecule has 0 aromatic carbocycles. The SMILES string of the molecule is COCCC(N)C(=O)N(C)C(C)C(C)(C)C. The molecule has 2 unspecified atom stereocenters. The molecule has 0 saturated carbocycles. The fourth-order valence-electron chi connectivity index (χ4n) is 1.40. The van der Waals surface area contributed by atoms with E-state index in [1.165, 1.54) is 0 Å². The van der Waals surface area contributed by atoms with Gasteiger partial charge in [0.25, 0.3) is 0 Å². The topological polar surface area (TPSA) is 55.6 Å². The van der Waals surface area contributed by atoms with E-state index in [0.29, 0.717) is 13.0 Å². The van der Waals surface area contributed by atoms with Crippen molar-refractivity contribution < 1.29 is 9.53 Å². The van der Waals surface area contributed by atoms with Crippen LogP contribution in [-0.2, 0) is 9.53 Å². The highest BCUT2D eigenvalue weighted by molar-refractivity contribution is 5.81. The summed E-state index contributed by atoms with van der Waals surface area (Å²) >= 11 is 0. The first-order valence-electron chi connectivity index (χ1n) is 5.73. The van der Waals surface area contributed by atoms with Crippen LogP contribution >= 0.6 is 0 Å². The number of nitrogens with two attached hydrogens (primary N) is 1. The highest BCUT2D eigenvalue weighted by atomic mass is 16.5. The average molecular weight is 230 g/mol. The lowest BCUT2D eigenvalue weighted by Gasteiger charge is -2.36. The summed E-state index contributed by atoms with van der Waals surface area (Å²) < 4.78 is 4.92. The maximum absolute atomic E-state index is 12.0. The molecular formula is C12H26N2O2. The fourth-order valence-corrected chi connectivity index (χ4v) is 1.40. The molecule has 0 heterocycles. The summed E-state index contributed by atoms with van der Waals surface area (Å²) in [6, 6.07) is -0.302. The molecule has 96 valence electrons. The minimum Gasteiger partial charge on any atom is -0.385 e. The lowest BCUT2D eigenvalue weighted by molar-refractivity contribution is -0.135. The van der Waals surface area contributed by atoms with Crippen molar-refractivity contribution in [2.24, 2.45) is 11.1 Å². The number of methoxy groups -OCH3 is 1. The molecule has 0 spiro atoms. The van der Waals surface area contributed by atoms with Gasteiger partial charge in [-0.2, -0.15) is 0 Å². The van der Waals surface area contributed by atoms with Crippen LogP contribution in [0.2, 0.25) is 0 Å². The first kappa shape index (κ1) is 15.4. The van der Waals surface area contributed by atoms with E-state index in [0.717, 1.165) is 0 Å². The van der Waals surface area contributed by atoms with Gasteiger partial charge in [-0.3, -0.25) is 4.79 Å². The van der Waals surface area contributed by atoms with Gasteiger partial charge in [-0.15, -0.1) is 0 Å². The second-order valence-electron chi connectivity index (χ2n) is 5.38. The Morgan fingerprint density at radius 1 is 1.44 bits per heavy atom. The first-order valence-corrected chi connectivity index (χ1v) is 5.73. The quantitative estimate of drug-likeness (QED) is 0.773. The molecule has 0 aromatic rings. The number of amides is 1. The lowest BCUT2D eigenvalue weighted by atomic mass is 9.87. The maximum atomic E-state index is 12.0. The Kier molecular flexibility index (Phi) is 5.97. The van der Waals surface area contributed by atoms with Gasteiger partial charge in [0.1, 0.15) is 0 Å². The number of rotatable bonds is 5. The maximum Gasteiger partial charge on any atom is 0.239 e. The monoisotopic (exact) mass is 230 g/mol. The predicted octanol–water partition coefficient (Wildman–Crippen LogP) is 1.24. The first-order chi connectivity index (χ1) is 7.21. The molecule has 4 nitrogen and oxygen atoms in total. The minimum atomic E-state index is -0.463. The highest BCUT2D eigenvalue weighted by Crippen LogP contribution is 2.23. The molecule has 0 saturated heterocycles. The summed E-state index contributed by atoms with van der Waals surface area (Å²) in [6.07, 6.45) is 0.566. The Labute approximate surface area is 99.1 Å². The van der Waals surface area contributed by atoms with Crippen molar-refractivity contribution in [2.45, 2.75) is 46.2 Å². The Balaban J connectivity index is 4.37. The number of hydrogen-bond donors (Lipinski definition) is 1. The van der Waals surface area contributed by atoms with Crippen molar-refractivity contribution in [3.63, 3.8) is 0 Å². The highest BCUT2D eigenvalue weighted by Gasteiger charge is 2.29. The number of nitrogens with zero attached hydrogens (tertiary/aromatic N) is 1.